The van der Waals surface area contributed by atoms with Crippen LogP contribution >= 0.6 is 0 Å². The number of rotatable bonds is 3. The first-order valence-corrected chi connectivity index (χ1v) is 19.3. The summed E-state index contributed by atoms with van der Waals surface area (Å²) in [6.45, 7) is 9.57. The molecule has 0 heteroatoms. The van der Waals surface area contributed by atoms with E-state index >= 15 is 0 Å². The van der Waals surface area contributed by atoms with Crippen LogP contribution in [0.4, 0.5) is 0 Å². The molecule has 0 fully saturated rings. The zero-order chi connectivity index (χ0) is 36.3. The summed E-state index contributed by atoms with van der Waals surface area (Å²) in [5.41, 5.74) is 18.5. The van der Waals surface area contributed by atoms with Gasteiger partial charge in [-0.2, -0.15) is 0 Å². The van der Waals surface area contributed by atoms with Crippen LogP contribution in [0.3, 0.4) is 0 Å². The van der Waals surface area contributed by atoms with E-state index < -0.39 is 0 Å². The Labute approximate surface area is 317 Å². The molecule has 0 bridgehead atoms. The quantitative estimate of drug-likeness (QED) is 0.162. The largest absolute Gasteiger partial charge is 0.0622 e. The van der Waals surface area contributed by atoms with Crippen molar-refractivity contribution in [3.05, 3.63) is 192 Å². The van der Waals surface area contributed by atoms with E-state index in [0.29, 0.717) is 0 Å². The topological polar surface area (TPSA) is 0 Å². The predicted octanol–water partition coefficient (Wildman–Crippen LogP) is 14.8. The van der Waals surface area contributed by atoms with E-state index in [2.05, 4.69) is 198 Å². The van der Waals surface area contributed by atoms with E-state index in [1.165, 1.54) is 110 Å². The summed E-state index contributed by atoms with van der Waals surface area (Å²) in [6, 6.07) is 63.9. The molecule has 0 saturated carbocycles. The second-order valence-corrected chi connectivity index (χ2v) is 16.5. The van der Waals surface area contributed by atoms with Gasteiger partial charge in [0.05, 0.1) is 0 Å². The van der Waals surface area contributed by atoms with Gasteiger partial charge in [-0.15, -0.1) is 0 Å². The summed E-state index contributed by atoms with van der Waals surface area (Å²) in [5.74, 6) is 0. The summed E-state index contributed by atoms with van der Waals surface area (Å²) in [5, 5.41) is 7.78. The van der Waals surface area contributed by atoms with E-state index in [1.54, 1.807) is 0 Å². The van der Waals surface area contributed by atoms with E-state index in [4.69, 9.17) is 0 Å². The number of fused-ring (bicyclic) bond motifs is 9. The third-order valence-electron chi connectivity index (χ3n) is 12.8. The fraction of sp³-hybridized carbons (Fsp3) is 0.111. The van der Waals surface area contributed by atoms with E-state index in [0.717, 1.165) is 0 Å². The van der Waals surface area contributed by atoms with Gasteiger partial charge in [-0.3, -0.25) is 0 Å². The highest BCUT2D eigenvalue weighted by molar-refractivity contribution is 6.21. The van der Waals surface area contributed by atoms with Gasteiger partial charge >= 0.3 is 0 Å². The van der Waals surface area contributed by atoms with Gasteiger partial charge in [0.2, 0.25) is 0 Å². The molecule has 0 nitrogen and oxygen atoms in total. The van der Waals surface area contributed by atoms with Crippen molar-refractivity contribution >= 4 is 32.3 Å². The SMILES string of the molecule is CC1(C)c2cc(-c3ccc4c(c3)-c3cc5ccccc5cc3C4(C)C)ccc2-c2ccc(-c3c4ccccc4c(-c4ccccc4)c4ccccc34)cc21. The molecule has 11 rings (SSSR count). The summed E-state index contributed by atoms with van der Waals surface area (Å²) >= 11 is 0. The summed E-state index contributed by atoms with van der Waals surface area (Å²) in [6.07, 6.45) is 0. The molecule has 2 aliphatic rings. The number of hydrogen-bond acceptors (Lipinski definition) is 0. The Morgan fingerprint density at radius 1 is 0.278 bits per heavy atom. The van der Waals surface area contributed by atoms with E-state index in [9.17, 15) is 0 Å². The Morgan fingerprint density at radius 3 is 1.33 bits per heavy atom. The Balaban J connectivity index is 1.04. The normalized spacial score (nSPS) is 14.6. The maximum absolute atomic E-state index is 2.49. The first kappa shape index (κ1) is 31.3. The van der Waals surface area contributed by atoms with Crippen molar-refractivity contribution in [3.63, 3.8) is 0 Å². The van der Waals surface area contributed by atoms with Gasteiger partial charge in [-0.1, -0.05) is 167 Å². The molecule has 0 saturated heterocycles. The lowest BCUT2D eigenvalue weighted by Gasteiger charge is -2.24. The van der Waals surface area contributed by atoms with Crippen LogP contribution in [0.2, 0.25) is 0 Å². The first-order valence-electron chi connectivity index (χ1n) is 19.3. The molecule has 256 valence electrons. The molecule has 9 aromatic carbocycles. The third kappa shape index (κ3) is 4.32. The van der Waals surface area contributed by atoms with Gasteiger partial charge in [0.25, 0.3) is 0 Å². The van der Waals surface area contributed by atoms with Crippen molar-refractivity contribution in [2.24, 2.45) is 0 Å². The lowest BCUT2D eigenvalue weighted by Crippen LogP contribution is -2.15. The lowest BCUT2D eigenvalue weighted by molar-refractivity contribution is 0.660. The molecule has 0 atom stereocenters. The smallest absolute Gasteiger partial charge is 0.0159 e. The summed E-state index contributed by atoms with van der Waals surface area (Å²) in [4.78, 5) is 0. The van der Waals surface area contributed by atoms with Crippen LogP contribution in [0.25, 0.3) is 88.0 Å². The molecule has 0 radical (unpaired) electrons. The standard InChI is InChI=1S/C54H40/c1-53(2)47-27-24-36(29-45(47)46-28-34-16-8-9-17-35(34)30-50(46)53)37-22-25-39-40-26-23-38(32-49(40)54(3,4)48(39)31-37)52-43-20-12-10-18-41(43)51(33-14-6-5-7-15-33)42-19-11-13-21-44(42)52/h5-32H,1-4H3. The fourth-order valence-corrected chi connectivity index (χ4v) is 10.0. The minimum atomic E-state index is -0.156. The maximum Gasteiger partial charge on any atom is 0.0159 e. The molecular weight excluding hydrogens is 649 g/mol. The van der Waals surface area contributed by atoms with Crippen LogP contribution in [0.15, 0.2) is 170 Å². The van der Waals surface area contributed by atoms with Crippen molar-refractivity contribution in [2.45, 2.75) is 38.5 Å². The lowest BCUT2D eigenvalue weighted by atomic mass is 9.79. The van der Waals surface area contributed by atoms with Crippen molar-refractivity contribution in [3.8, 4) is 55.6 Å². The summed E-state index contributed by atoms with van der Waals surface area (Å²) in [7, 11) is 0. The Bertz CT molecular complexity index is 2970. The van der Waals surface area contributed by atoms with Crippen LogP contribution in [0.5, 0.6) is 0 Å². The zero-order valence-corrected chi connectivity index (χ0v) is 31.2. The second-order valence-electron chi connectivity index (χ2n) is 16.5. The Kier molecular flexibility index (Phi) is 6.46. The van der Waals surface area contributed by atoms with Gasteiger partial charge < -0.3 is 0 Å². The van der Waals surface area contributed by atoms with Crippen molar-refractivity contribution in [1.82, 2.24) is 0 Å². The van der Waals surface area contributed by atoms with Crippen molar-refractivity contribution < 1.29 is 0 Å². The molecule has 0 spiro atoms. The highest BCUT2D eigenvalue weighted by Crippen LogP contribution is 2.54. The fourth-order valence-electron chi connectivity index (χ4n) is 10.0. The maximum atomic E-state index is 2.49. The molecular formula is C54H40. The number of benzene rings is 9. The van der Waals surface area contributed by atoms with Gasteiger partial charge in [0.1, 0.15) is 0 Å². The summed E-state index contributed by atoms with van der Waals surface area (Å²) < 4.78 is 0. The molecule has 54 heavy (non-hydrogen) atoms. The van der Waals surface area contributed by atoms with Crippen LogP contribution in [0, 0.1) is 0 Å². The molecule has 0 N–H and O–H groups in total. The van der Waals surface area contributed by atoms with Gasteiger partial charge in [-0.25, -0.2) is 0 Å². The van der Waals surface area contributed by atoms with E-state index in [-0.39, 0.29) is 10.8 Å². The van der Waals surface area contributed by atoms with Gasteiger partial charge in [0, 0.05) is 10.8 Å². The first-order chi connectivity index (χ1) is 26.3. The van der Waals surface area contributed by atoms with Crippen molar-refractivity contribution in [1.29, 1.82) is 0 Å². The zero-order valence-electron chi connectivity index (χ0n) is 31.2. The average Bonchev–Trinajstić information content (AvgIpc) is 3.57. The third-order valence-corrected chi connectivity index (χ3v) is 12.8. The molecule has 0 amide bonds. The highest BCUT2D eigenvalue weighted by Gasteiger charge is 2.38. The van der Waals surface area contributed by atoms with Gasteiger partial charge in [-0.05, 0) is 141 Å². The molecule has 0 unspecified atom stereocenters. The molecule has 0 aromatic heterocycles. The van der Waals surface area contributed by atoms with Crippen LogP contribution in [-0.4, -0.2) is 0 Å². The predicted molar refractivity (Wildman–Crippen MR) is 230 cm³/mol. The van der Waals surface area contributed by atoms with Crippen LogP contribution in [-0.2, 0) is 10.8 Å². The molecule has 2 aliphatic carbocycles. The minimum Gasteiger partial charge on any atom is -0.0622 e. The van der Waals surface area contributed by atoms with Crippen molar-refractivity contribution in [2.75, 3.05) is 0 Å². The Morgan fingerprint density at radius 2 is 0.704 bits per heavy atom. The molecule has 0 aliphatic heterocycles. The molecule has 9 aromatic rings. The van der Waals surface area contributed by atoms with Crippen LogP contribution in [0.1, 0.15) is 49.9 Å². The van der Waals surface area contributed by atoms with E-state index in [1.807, 2.05) is 0 Å². The highest BCUT2D eigenvalue weighted by atomic mass is 14.4. The van der Waals surface area contributed by atoms with Gasteiger partial charge in [0.15, 0.2) is 0 Å². The minimum absolute atomic E-state index is 0.0367. The van der Waals surface area contributed by atoms with Crippen LogP contribution < -0.4 is 0 Å². The second kappa shape index (κ2) is 11.1. The Hall–Kier alpha value is -6.24. The average molecular weight is 689 g/mol. The monoisotopic (exact) mass is 688 g/mol. The number of hydrogen-bond donors (Lipinski definition) is 0. The molecule has 0 heterocycles.